The van der Waals surface area contributed by atoms with Crippen molar-refractivity contribution in [3.63, 3.8) is 0 Å². The van der Waals surface area contributed by atoms with E-state index in [1.54, 1.807) is 48.6 Å². The number of H-pyrrole nitrogens is 1. The summed E-state index contributed by atoms with van der Waals surface area (Å²) in [5.41, 5.74) is 2.54. The fourth-order valence-electron chi connectivity index (χ4n) is 2.50. The van der Waals surface area contributed by atoms with Gasteiger partial charge in [0.2, 0.25) is 0 Å². The van der Waals surface area contributed by atoms with Crippen LogP contribution >= 0.6 is 0 Å². The molecule has 0 fully saturated rings. The summed E-state index contributed by atoms with van der Waals surface area (Å²) < 4.78 is 0. The predicted molar refractivity (Wildman–Crippen MR) is 101 cm³/mol. The van der Waals surface area contributed by atoms with Gasteiger partial charge >= 0.3 is 0 Å². The Morgan fingerprint density at radius 2 is 1.85 bits per heavy atom. The molecule has 0 atom stereocenters. The summed E-state index contributed by atoms with van der Waals surface area (Å²) in [6.07, 6.45) is 3.45. The van der Waals surface area contributed by atoms with Gasteiger partial charge in [-0.25, -0.2) is 4.98 Å². The molecule has 0 aliphatic carbocycles. The van der Waals surface area contributed by atoms with E-state index in [0.29, 0.717) is 23.4 Å². The van der Waals surface area contributed by atoms with Crippen molar-refractivity contribution in [2.24, 2.45) is 0 Å². The zero-order chi connectivity index (χ0) is 18.5. The molecular weight excluding hydrogens is 328 g/mol. The van der Waals surface area contributed by atoms with Crippen molar-refractivity contribution >= 4 is 17.5 Å². The van der Waals surface area contributed by atoms with Crippen molar-refractivity contribution in [3.05, 3.63) is 72.1 Å². The molecule has 2 aromatic carbocycles. The third-order valence-corrected chi connectivity index (χ3v) is 4.11. The second-order valence-corrected chi connectivity index (χ2v) is 5.87. The van der Waals surface area contributed by atoms with Crippen LogP contribution in [-0.4, -0.2) is 40.3 Å². The normalized spacial score (nSPS) is 10.4. The topological polar surface area (TPSA) is 78.1 Å². The van der Waals surface area contributed by atoms with Crippen LogP contribution in [0.4, 0.5) is 5.69 Å². The van der Waals surface area contributed by atoms with E-state index in [1.165, 1.54) is 0 Å². The molecule has 6 nitrogen and oxygen atoms in total. The molecule has 0 bridgehead atoms. The predicted octanol–water partition coefficient (Wildman–Crippen LogP) is 3.42. The molecule has 0 spiro atoms. The molecule has 6 heteroatoms. The second kappa shape index (κ2) is 7.65. The van der Waals surface area contributed by atoms with E-state index in [9.17, 15) is 9.59 Å². The number of anilines is 1. The largest absolute Gasteiger partial charge is 0.345 e. The van der Waals surface area contributed by atoms with Crippen LogP contribution in [0.1, 0.15) is 27.6 Å². The molecule has 3 rings (SSSR count). The van der Waals surface area contributed by atoms with E-state index in [-0.39, 0.29) is 11.8 Å². The van der Waals surface area contributed by atoms with E-state index in [1.807, 2.05) is 31.2 Å². The first-order chi connectivity index (χ1) is 12.6. The number of hydrogen-bond acceptors (Lipinski definition) is 3. The number of aromatic amines is 1. The number of amides is 2. The molecular formula is C20H20N4O2. The maximum atomic E-state index is 12.5. The highest BCUT2D eigenvalue weighted by Gasteiger charge is 2.13. The first-order valence-electron chi connectivity index (χ1n) is 8.35. The number of benzene rings is 2. The Bertz CT molecular complexity index is 902. The van der Waals surface area contributed by atoms with Crippen LogP contribution in [0.3, 0.4) is 0 Å². The molecule has 0 radical (unpaired) electrons. The fourth-order valence-corrected chi connectivity index (χ4v) is 2.50. The number of hydrogen-bond donors (Lipinski definition) is 2. The van der Waals surface area contributed by atoms with Gasteiger partial charge in [-0.3, -0.25) is 9.59 Å². The van der Waals surface area contributed by atoms with E-state index < -0.39 is 0 Å². The average Bonchev–Trinajstić information content (AvgIpc) is 3.22. The summed E-state index contributed by atoms with van der Waals surface area (Å²) in [6.45, 7) is 2.51. The minimum Gasteiger partial charge on any atom is -0.345 e. The molecule has 3 aromatic rings. The number of aromatic nitrogens is 2. The Morgan fingerprint density at radius 3 is 2.50 bits per heavy atom. The molecule has 1 heterocycles. The first-order valence-corrected chi connectivity index (χ1v) is 8.35. The van der Waals surface area contributed by atoms with Crippen LogP contribution in [0.5, 0.6) is 0 Å². The van der Waals surface area contributed by atoms with Gasteiger partial charge in [-0.15, -0.1) is 0 Å². The molecule has 2 N–H and O–H groups in total. The summed E-state index contributed by atoms with van der Waals surface area (Å²) in [4.78, 5) is 33.6. The average molecular weight is 348 g/mol. The van der Waals surface area contributed by atoms with Crippen LogP contribution in [-0.2, 0) is 0 Å². The van der Waals surface area contributed by atoms with E-state index in [4.69, 9.17) is 0 Å². The van der Waals surface area contributed by atoms with Gasteiger partial charge in [0.05, 0.1) is 0 Å². The Balaban J connectivity index is 1.73. The summed E-state index contributed by atoms with van der Waals surface area (Å²) >= 11 is 0. The SMILES string of the molecule is CCN(C)C(=O)c1cccc(C(=O)Nc2ccc(-c3ncc[nH]3)cc2)c1. The van der Waals surface area contributed by atoms with Gasteiger partial charge in [0, 0.05) is 48.4 Å². The molecule has 132 valence electrons. The molecule has 0 aliphatic rings. The zero-order valence-corrected chi connectivity index (χ0v) is 14.7. The first kappa shape index (κ1) is 17.4. The number of nitrogens with one attached hydrogen (secondary N) is 2. The lowest BCUT2D eigenvalue weighted by Gasteiger charge is -2.15. The standard InChI is InChI=1S/C20H20N4O2/c1-3-24(2)20(26)16-6-4-5-15(13-16)19(25)23-17-9-7-14(8-10-17)18-21-11-12-22-18/h4-13H,3H2,1-2H3,(H,21,22)(H,23,25). The van der Waals surface area contributed by atoms with Gasteiger partial charge in [0.25, 0.3) is 11.8 Å². The third-order valence-electron chi connectivity index (χ3n) is 4.11. The second-order valence-electron chi connectivity index (χ2n) is 5.87. The van der Waals surface area contributed by atoms with Crippen molar-refractivity contribution < 1.29 is 9.59 Å². The lowest BCUT2D eigenvalue weighted by Crippen LogP contribution is -2.26. The minimum absolute atomic E-state index is 0.107. The highest BCUT2D eigenvalue weighted by Crippen LogP contribution is 2.18. The molecule has 0 aliphatic heterocycles. The van der Waals surface area contributed by atoms with Gasteiger partial charge in [-0.2, -0.15) is 0 Å². The maximum absolute atomic E-state index is 12.5. The van der Waals surface area contributed by atoms with Gasteiger partial charge in [0.1, 0.15) is 5.82 Å². The van der Waals surface area contributed by atoms with E-state index >= 15 is 0 Å². The quantitative estimate of drug-likeness (QED) is 0.741. The number of carbonyl (C=O) groups excluding carboxylic acids is 2. The number of carbonyl (C=O) groups is 2. The summed E-state index contributed by atoms with van der Waals surface area (Å²) in [6, 6.07) is 14.1. The highest BCUT2D eigenvalue weighted by atomic mass is 16.2. The zero-order valence-electron chi connectivity index (χ0n) is 14.7. The van der Waals surface area contributed by atoms with Crippen molar-refractivity contribution in [1.29, 1.82) is 0 Å². The fraction of sp³-hybridized carbons (Fsp3) is 0.150. The number of nitrogens with zero attached hydrogens (tertiary/aromatic N) is 2. The van der Waals surface area contributed by atoms with Crippen molar-refractivity contribution in [2.75, 3.05) is 18.9 Å². The number of imidazole rings is 1. The Morgan fingerprint density at radius 1 is 1.12 bits per heavy atom. The smallest absolute Gasteiger partial charge is 0.255 e. The van der Waals surface area contributed by atoms with Crippen LogP contribution < -0.4 is 5.32 Å². The van der Waals surface area contributed by atoms with Crippen LogP contribution in [0.15, 0.2) is 60.9 Å². The van der Waals surface area contributed by atoms with Crippen molar-refractivity contribution in [1.82, 2.24) is 14.9 Å². The monoisotopic (exact) mass is 348 g/mol. The molecule has 1 aromatic heterocycles. The molecule has 0 saturated carbocycles. The lowest BCUT2D eigenvalue weighted by atomic mass is 10.1. The molecule has 0 unspecified atom stereocenters. The summed E-state index contributed by atoms with van der Waals surface area (Å²) in [7, 11) is 1.73. The number of rotatable bonds is 5. The Kier molecular flexibility index (Phi) is 5.12. The maximum Gasteiger partial charge on any atom is 0.255 e. The molecule has 2 amide bonds. The Hall–Kier alpha value is -3.41. The van der Waals surface area contributed by atoms with Crippen LogP contribution in [0.2, 0.25) is 0 Å². The molecule has 0 saturated heterocycles. The lowest BCUT2D eigenvalue weighted by molar-refractivity contribution is 0.0802. The van der Waals surface area contributed by atoms with Gasteiger partial charge < -0.3 is 15.2 Å². The van der Waals surface area contributed by atoms with Crippen LogP contribution in [0, 0.1) is 0 Å². The van der Waals surface area contributed by atoms with Crippen LogP contribution in [0.25, 0.3) is 11.4 Å². The third kappa shape index (κ3) is 3.80. The Labute approximate surface area is 151 Å². The minimum atomic E-state index is -0.260. The van der Waals surface area contributed by atoms with E-state index in [0.717, 1.165) is 11.4 Å². The summed E-state index contributed by atoms with van der Waals surface area (Å²) in [5, 5.41) is 2.85. The van der Waals surface area contributed by atoms with Gasteiger partial charge in [-0.1, -0.05) is 6.07 Å². The molecule has 26 heavy (non-hydrogen) atoms. The van der Waals surface area contributed by atoms with Crippen molar-refractivity contribution in [2.45, 2.75) is 6.92 Å². The van der Waals surface area contributed by atoms with Crippen molar-refractivity contribution in [3.8, 4) is 11.4 Å². The van der Waals surface area contributed by atoms with E-state index in [2.05, 4.69) is 15.3 Å². The highest BCUT2D eigenvalue weighted by molar-refractivity contribution is 6.06. The van der Waals surface area contributed by atoms with Gasteiger partial charge in [0.15, 0.2) is 0 Å². The van der Waals surface area contributed by atoms with Gasteiger partial charge in [-0.05, 0) is 49.4 Å². The summed E-state index contributed by atoms with van der Waals surface area (Å²) in [5.74, 6) is 0.406.